The van der Waals surface area contributed by atoms with Crippen LogP contribution in [0.25, 0.3) is 11.4 Å². The van der Waals surface area contributed by atoms with Gasteiger partial charge in [0, 0.05) is 16.6 Å². The zero-order valence-corrected chi connectivity index (χ0v) is 22.4. The zero-order chi connectivity index (χ0) is 26.2. The Bertz CT molecular complexity index is 1390. The summed E-state index contributed by atoms with van der Waals surface area (Å²) in [7, 11) is 0. The van der Waals surface area contributed by atoms with E-state index in [9.17, 15) is 4.79 Å². The van der Waals surface area contributed by atoms with Crippen molar-refractivity contribution >= 4 is 35.5 Å². The Hall–Kier alpha value is -3.62. The summed E-state index contributed by atoms with van der Waals surface area (Å²) in [5.41, 5.74) is 4.39. The van der Waals surface area contributed by atoms with E-state index in [1.807, 2.05) is 78.9 Å². The number of halogens is 1. The van der Waals surface area contributed by atoms with Crippen molar-refractivity contribution in [1.82, 2.24) is 20.2 Å². The molecule has 1 aromatic heterocycles. The van der Waals surface area contributed by atoms with Crippen molar-refractivity contribution in [2.45, 2.75) is 43.3 Å². The predicted molar refractivity (Wildman–Crippen MR) is 152 cm³/mol. The van der Waals surface area contributed by atoms with E-state index in [1.165, 1.54) is 31.0 Å². The first-order chi connectivity index (χ1) is 18.7. The number of carbonyl (C=O) groups is 1. The molecule has 0 atom stereocenters. The van der Waals surface area contributed by atoms with Gasteiger partial charge < -0.3 is 4.74 Å². The zero-order valence-electron chi connectivity index (χ0n) is 20.8. The van der Waals surface area contributed by atoms with E-state index < -0.39 is 0 Å². The Labute approximate surface area is 231 Å². The molecule has 0 spiro atoms. The smallest absolute Gasteiger partial charge is 0.250 e. The third kappa shape index (κ3) is 6.82. The van der Waals surface area contributed by atoms with Crippen LogP contribution >= 0.6 is 23.4 Å². The van der Waals surface area contributed by atoms with E-state index in [2.05, 4.69) is 25.3 Å². The highest BCUT2D eigenvalue weighted by molar-refractivity contribution is 7.99. The molecule has 0 radical (unpaired) electrons. The van der Waals surface area contributed by atoms with Crippen molar-refractivity contribution in [3.05, 3.63) is 89.4 Å². The minimum absolute atomic E-state index is 0.181. The number of hydrogen-bond acceptors (Lipinski definition) is 6. The van der Waals surface area contributed by atoms with Gasteiger partial charge in [-0.3, -0.25) is 9.36 Å². The second-order valence-electron chi connectivity index (χ2n) is 9.04. The Morgan fingerprint density at radius 3 is 2.55 bits per heavy atom. The van der Waals surface area contributed by atoms with Crippen LogP contribution in [0.3, 0.4) is 0 Å². The Balaban J connectivity index is 1.21. The maximum absolute atomic E-state index is 12.6. The maximum atomic E-state index is 12.6. The summed E-state index contributed by atoms with van der Waals surface area (Å²) in [6, 6.07) is 25.0. The normalized spacial score (nSPS) is 14.0. The molecule has 4 aromatic rings. The first-order valence-corrected chi connectivity index (χ1v) is 14.0. The number of thioether (sulfide) groups is 1. The number of aromatic nitrogens is 3. The van der Waals surface area contributed by atoms with Crippen LogP contribution < -0.4 is 10.2 Å². The molecule has 3 aromatic carbocycles. The Morgan fingerprint density at radius 2 is 1.76 bits per heavy atom. The molecule has 194 valence electrons. The third-order valence-corrected chi connectivity index (χ3v) is 7.47. The van der Waals surface area contributed by atoms with E-state index in [0.717, 1.165) is 40.7 Å². The molecule has 1 aliphatic rings. The summed E-state index contributed by atoms with van der Waals surface area (Å²) in [6.45, 7) is 0. The van der Waals surface area contributed by atoms with Gasteiger partial charge in [0.15, 0.2) is 11.0 Å². The maximum Gasteiger partial charge on any atom is 0.250 e. The highest BCUT2D eigenvalue weighted by Gasteiger charge is 2.24. The topological polar surface area (TPSA) is 81.4 Å². The molecule has 0 unspecified atom stereocenters. The fraction of sp³-hybridized carbons (Fsp3) is 0.241. The molecule has 38 heavy (non-hydrogen) atoms. The van der Waals surface area contributed by atoms with Crippen molar-refractivity contribution < 1.29 is 9.53 Å². The van der Waals surface area contributed by atoms with Crippen molar-refractivity contribution in [3.8, 4) is 22.9 Å². The van der Waals surface area contributed by atoms with Gasteiger partial charge in [-0.25, -0.2) is 5.43 Å². The largest absolute Gasteiger partial charge is 0.457 e. The third-order valence-electron chi connectivity index (χ3n) is 6.28. The monoisotopic (exact) mass is 545 g/mol. The van der Waals surface area contributed by atoms with Crippen LogP contribution in [-0.2, 0) is 4.79 Å². The van der Waals surface area contributed by atoms with Crippen LogP contribution in [0.2, 0.25) is 5.02 Å². The summed E-state index contributed by atoms with van der Waals surface area (Å²) < 4.78 is 8.06. The number of carbonyl (C=O) groups excluding carboxylic acids is 1. The lowest BCUT2D eigenvalue weighted by molar-refractivity contribution is -0.118. The van der Waals surface area contributed by atoms with E-state index in [4.69, 9.17) is 16.3 Å². The second kappa shape index (κ2) is 12.8. The Kier molecular flexibility index (Phi) is 8.73. The summed E-state index contributed by atoms with van der Waals surface area (Å²) >= 11 is 7.46. The quantitative estimate of drug-likeness (QED) is 0.137. The number of amides is 1. The first-order valence-electron chi connectivity index (χ1n) is 12.6. The molecule has 1 saturated carbocycles. The molecule has 9 heteroatoms. The summed E-state index contributed by atoms with van der Waals surface area (Å²) in [6.07, 6.45) is 7.37. The van der Waals surface area contributed by atoms with Crippen LogP contribution in [-0.4, -0.2) is 32.6 Å². The number of hydrazone groups is 1. The second-order valence-corrected chi connectivity index (χ2v) is 10.4. The van der Waals surface area contributed by atoms with Crippen LogP contribution in [0.5, 0.6) is 11.5 Å². The number of para-hydroxylation sites is 1. The highest BCUT2D eigenvalue weighted by atomic mass is 35.5. The summed E-state index contributed by atoms with van der Waals surface area (Å²) in [5.74, 6) is 2.23. The van der Waals surface area contributed by atoms with Gasteiger partial charge in [0.1, 0.15) is 11.5 Å². The molecule has 1 fully saturated rings. The number of nitrogens with zero attached hydrogens (tertiary/aromatic N) is 4. The number of hydrogen-bond donors (Lipinski definition) is 1. The number of rotatable bonds is 9. The van der Waals surface area contributed by atoms with Gasteiger partial charge in [-0.15, -0.1) is 10.2 Å². The number of ether oxygens (including phenoxy) is 1. The van der Waals surface area contributed by atoms with E-state index in [0.29, 0.717) is 16.8 Å². The number of benzene rings is 3. The molecule has 1 heterocycles. The molecule has 1 N–H and O–H groups in total. The van der Waals surface area contributed by atoms with Crippen molar-refractivity contribution in [3.63, 3.8) is 0 Å². The van der Waals surface area contributed by atoms with Gasteiger partial charge in [-0.05, 0) is 66.9 Å². The lowest BCUT2D eigenvalue weighted by Gasteiger charge is -2.25. The van der Waals surface area contributed by atoms with E-state index in [1.54, 1.807) is 6.21 Å². The fourth-order valence-corrected chi connectivity index (χ4v) is 5.39. The van der Waals surface area contributed by atoms with Gasteiger partial charge in [0.2, 0.25) is 0 Å². The molecule has 1 amide bonds. The summed E-state index contributed by atoms with van der Waals surface area (Å²) in [4.78, 5) is 12.6. The molecule has 1 aliphatic carbocycles. The van der Waals surface area contributed by atoms with Crippen molar-refractivity contribution in [2.24, 2.45) is 5.10 Å². The SMILES string of the molecule is O=C(CSc1nnc(-c2ccc(Cl)cc2)n1C1CCCCC1)N/N=C\c1cccc(Oc2ccccc2)c1. The first kappa shape index (κ1) is 26.0. The van der Waals surface area contributed by atoms with E-state index in [-0.39, 0.29) is 11.7 Å². The van der Waals surface area contributed by atoms with Crippen molar-refractivity contribution in [2.75, 3.05) is 5.75 Å². The molecule has 7 nitrogen and oxygen atoms in total. The molecule has 0 aliphatic heterocycles. The molecule has 0 bridgehead atoms. The van der Waals surface area contributed by atoms with Gasteiger partial charge in [0.25, 0.3) is 5.91 Å². The van der Waals surface area contributed by atoms with Gasteiger partial charge >= 0.3 is 0 Å². The molecular formula is C29H28ClN5O2S. The predicted octanol–water partition coefficient (Wildman–Crippen LogP) is 7.14. The lowest BCUT2D eigenvalue weighted by atomic mass is 9.95. The average molecular weight is 546 g/mol. The minimum atomic E-state index is -0.214. The van der Waals surface area contributed by atoms with Crippen LogP contribution in [0.4, 0.5) is 0 Å². The lowest BCUT2D eigenvalue weighted by Crippen LogP contribution is -2.20. The standard InChI is InChI=1S/C29H28ClN5O2S/c30-23-16-14-22(15-17-23)28-33-34-29(35(28)24-9-3-1-4-10-24)38-20-27(36)32-31-19-21-8-7-13-26(18-21)37-25-11-5-2-6-12-25/h2,5-8,11-19,24H,1,3-4,9-10,20H2,(H,32,36)/b31-19-. The van der Waals surface area contributed by atoms with Crippen LogP contribution in [0, 0.1) is 0 Å². The Morgan fingerprint density at radius 1 is 1.00 bits per heavy atom. The minimum Gasteiger partial charge on any atom is -0.457 e. The number of nitrogens with one attached hydrogen (secondary N) is 1. The molecule has 5 rings (SSSR count). The van der Waals surface area contributed by atoms with Gasteiger partial charge in [-0.1, -0.05) is 73.0 Å². The van der Waals surface area contributed by atoms with Gasteiger partial charge in [-0.2, -0.15) is 5.10 Å². The molecular weight excluding hydrogens is 518 g/mol. The van der Waals surface area contributed by atoms with Crippen LogP contribution in [0.15, 0.2) is 89.1 Å². The fourth-order valence-electron chi connectivity index (χ4n) is 4.46. The average Bonchev–Trinajstić information content (AvgIpc) is 3.37. The molecule has 0 saturated heterocycles. The van der Waals surface area contributed by atoms with E-state index >= 15 is 0 Å². The van der Waals surface area contributed by atoms with Crippen molar-refractivity contribution in [1.29, 1.82) is 0 Å². The summed E-state index contributed by atoms with van der Waals surface area (Å²) in [5, 5.41) is 14.5. The van der Waals surface area contributed by atoms with Crippen LogP contribution in [0.1, 0.15) is 43.7 Å². The highest BCUT2D eigenvalue weighted by Crippen LogP contribution is 2.35. The van der Waals surface area contributed by atoms with Gasteiger partial charge in [0.05, 0.1) is 12.0 Å².